The van der Waals surface area contributed by atoms with Gasteiger partial charge < -0.3 is 4.90 Å². The summed E-state index contributed by atoms with van der Waals surface area (Å²) >= 11 is 1.57. The molecule has 3 aromatic rings. The lowest BCUT2D eigenvalue weighted by Gasteiger charge is -2.20. The van der Waals surface area contributed by atoms with E-state index in [1.807, 2.05) is 53.2 Å². The Balaban J connectivity index is 1.57. The molecule has 2 aromatic heterocycles. The van der Waals surface area contributed by atoms with Gasteiger partial charge in [0.05, 0.1) is 23.6 Å². The van der Waals surface area contributed by atoms with Crippen LogP contribution in [0.1, 0.15) is 24.7 Å². The number of thiazole rings is 1. The molecule has 0 aliphatic carbocycles. The Kier molecular flexibility index (Phi) is 4.72. The quantitative estimate of drug-likeness (QED) is 0.666. The molecule has 0 saturated carbocycles. The van der Waals surface area contributed by atoms with Gasteiger partial charge in [-0.1, -0.05) is 18.2 Å². The van der Waals surface area contributed by atoms with Crippen LogP contribution in [0, 0.1) is 6.92 Å². The van der Waals surface area contributed by atoms with Crippen molar-refractivity contribution in [2.75, 3.05) is 12.1 Å². The number of hydrogen-bond acceptors (Lipinski definition) is 6. The highest BCUT2D eigenvalue weighted by molar-refractivity contribution is 7.15. The molecular formula is C20H21N5O2S. The van der Waals surface area contributed by atoms with Crippen molar-refractivity contribution in [2.24, 2.45) is 5.10 Å². The number of anilines is 1. The number of aromatic nitrogens is 2. The lowest BCUT2D eigenvalue weighted by Crippen LogP contribution is -2.35. The van der Waals surface area contributed by atoms with E-state index in [-0.39, 0.29) is 11.7 Å². The van der Waals surface area contributed by atoms with Gasteiger partial charge >= 0.3 is 0 Å². The van der Waals surface area contributed by atoms with Gasteiger partial charge in [-0.3, -0.25) is 19.0 Å². The maximum atomic E-state index is 13.0. The SMILES string of the molecule is CC(=O)[C@H]1CC(C(=O)N(C)Cc2c(C)nc3sccn23)=NN1c1ccccc1. The summed E-state index contributed by atoms with van der Waals surface area (Å²) in [5, 5.41) is 8.14. The molecule has 0 saturated heterocycles. The minimum absolute atomic E-state index is 0.00956. The van der Waals surface area contributed by atoms with Crippen LogP contribution in [0.5, 0.6) is 0 Å². The van der Waals surface area contributed by atoms with Crippen molar-refractivity contribution in [3.63, 3.8) is 0 Å². The Morgan fingerprint density at radius 3 is 2.75 bits per heavy atom. The molecule has 8 heteroatoms. The van der Waals surface area contributed by atoms with Gasteiger partial charge in [0.1, 0.15) is 11.8 Å². The van der Waals surface area contributed by atoms with E-state index in [2.05, 4.69) is 10.1 Å². The molecule has 3 heterocycles. The number of hydrazone groups is 1. The zero-order valence-electron chi connectivity index (χ0n) is 16.0. The van der Waals surface area contributed by atoms with E-state index in [9.17, 15) is 9.59 Å². The molecule has 1 amide bonds. The van der Waals surface area contributed by atoms with Gasteiger partial charge in [-0.15, -0.1) is 11.3 Å². The van der Waals surface area contributed by atoms with E-state index in [0.29, 0.717) is 18.7 Å². The number of nitrogens with zero attached hydrogens (tertiary/aromatic N) is 5. The summed E-state index contributed by atoms with van der Waals surface area (Å²) < 4.78 is 2.01. The van der Waals surface area contributed by atoms with Gasteiger partial charge in [0.2, 0.25) is 0 Å². The Morgan fingerprint density at radius 2 is 2.04 bits per heavy atom. The van der Waals surface area contributed by atoms with Gasteiger partial charge in [0.15, 0.2) is 10.7 Å². The molecule has 28 heavy (non-hydrogen) atoms. The summed E-state index contributed by atoms with van der Waals surface area (Å²) in [5.41, 5.74) is 3.09. The van der Waals surface area contributed by atoms with Crippen LogP contribution in [-0.4, -0.2) is 44.8 Å². The maximum absolute atomic E-state index is 13.0. The standard InChI is InChI=1S/C20H21N5O2S/c1-13-18(24-9-10-28-20(24)21-13)12-23(3)19(27)16-11-17(14(2)26)25(22-16)15-7-5-4-6-8-15/h4-10,17H,11-12H2,1-3H3/t17-/m1/s1. The Labute approximate surface area is 166 Å². The van der Waals surface area contributed by atoms with Gasteiger partial charge in [0.25, 0.3) is 5.91 Å². The lowest BCUT2D eigenvalue weighted by molar-refractivity contribution is -0.123. The van der Waals surface area contributed by atoms with Gasteiger partial charge in [-0.05, 0) is 26.0 Å². The summed E-state index contributed by atoms with van der Waals surface area (Å²) in [5.74, 6) is -0.182. The van der Waals surface area contributed by atoms with Gasteiger partial charge in [-0.2, -0.15) is 5.10 Å². The number of ketones is 1. The van der Waals surface area contributed by atoms with Crippen molar-refractivity contribution in [1.82, 2.24) is 14.3 Å². The summed E-state index contributed by atoms with van der Waals surface area (Å²) in [7, 11) is 1.75. The summed E-state index contributed by atoms with van der Waals surface area (Å²) in [6, 6.07) is 9.02. The third-order valence-electron chi connectivity index (χ3n) is 4.94. The van der Waals surface area contributed by atoms with Gasteiger partial charge in [0, 0.05) is 25.0 Å². The molecular weight excluding hydrogens is 374 g/mol. The number of benzene rings is 1. The summed E-state index contributed by atoms with van der Waals surface area (Å²) in [6.07, 6.45) is 2.27. The monoisotopic (exact) mass is 395 g/mol. The molecule has 4 rings (SSSR count). The number of hydrogen-bond donors (Lipinski definition) is 0. The van der Waals surface area contributed by atoms with Crippen LogP contribution in [0.25, 0.3) is 4.96 Å². The Bertz CT molecular complexity index is 1070. The second-order valence-corrected chi connectivity index (χ2v) is 7.79. The number of carbonyl (C=O) groups excluding carboxylic acids is 2. The first-order chi connectivity index (χ1) is 13.5. The van der Waals surface area contributed by atoms with E-state index in [0.717, 1.165) is 22.0 Å². The first kappa shape index (κ1) is 18.4. The minimum atomic E-state index is -0.449. The zero-order chi connectivity index (χ0) is 19.8. The van der Waals surface area contributed by atoms with E-state index in [1.165, 1.54) is 6.92 Å². The van der Waals surface area contributed by atoms with Crippen LogP contribution in [0.15, 0.2) is 47.0 Å². The normalized spacial score (nSPS) is 16.5. The largest absolute Gasteiger partial charge is 0.335 e. The van der Waals surface area contributed by atoms with Crippen molar-refractivity contribution >= 4 is 39.4 Å². The number of rotatable bonds is 5. The van der Waals surface area contributed by atoms with Crippen molar-refractivity contribution in [3.8, 4) is 0 Å². The fraction of sp³-hybridized carbons (Fsp3) is 0.300. The molecule has 0 N–H and O–H groups in total. The van der Waals surface area contributed by atoms with Crippen molar-refractivity contribution in [2.45, 2.75) is 32.9 Å². The fourth-order valence-corrected chi connectivity index (χ4v) is 4.20. The fourth-order valence-electron chi connectivity index (χ4n) is 3.42. The topological polar surface area (TPSA) is 70.3 Å². The first-order valence-corrected chi connectivity index (χ1v) is 9.92. The number of aryl methyl sites for hydroxylation is 1. The van der Waals surface area contributed by atoms with Crippen LogP contribution < -0.4 is 5.01 Å². The summed E-state index contributed by atoms with van der Waals surface area (Å²) in [4.78, 5) is 32.3. The highest BCUT2D eigenvalue weighted by atomic mass is 32.1. The zero-order valence-corrected chi connectivity index (χ0v) is 16.8. The van der Waals surface area contributed by atoms with Crippen molar-refractivity contribution < 1.29 is 9.59 Å². The average Bonchev–Trinajstić information content (AvgIpc) is 3.38. The molecule has 0 bridgehead atoms. The highest BCUT2D eigenvalue weighted by Gasteiger charge is 2.35. The molecule has 1 atom stereocenters. The van der Waals surface area contributed by atoms with E-state index in [4.69, 9.17) is 0 Å². The molecule has 144 valence electrons. The minimum Gasteiger partial charge on any atom is -0.335 e. The number of fused-ring (bicyclic) bond motifs is 1. The molecule has 0 fully saturated rings. The smallest absolute Gasteiger partial charge is 0.270 e. The number of Topliss-reactive ketones (excluding diaryl/α,β-unsaturated/α-hetero) is 1. The predicted molar refractivity (Wildman–Crippen MR) is 110 cm³/mol. The summed E-state index contributed by atoms with van der Waals surface area (Å²) in [6.45, 7) is 3.91. The lowest BCUT2D eigenvalue weighted by atomic mass is 10.1. The van der Waals surface area contributed by atoms with Crippen LogP contribution in [0.3, 0.4) is 0 Å². The third kappa shape index (κ3) is 3.20. The Hall–Kier alpha value is -3.00. The van der Waals surface area contributed by atoms with Crippen LogP contribution in [-0.2, 0) is 16.1 Å². The predicted octanol–water partition coefficient (Wildman–Crippen LogP) is 2.89. The van der Waals surface area contributed by atoms with Crippen LogP contribution >= 0.6 is 11.3 Å². The second kappa shape index (κ2) is 7.20. The average molecular weight is 395 g/mol. The number of carbonyl (C=O) groups is 2. The molecule has 7 nitrogen and oxygen atoms in total. The Morgan fingerprint density at radius 1 is 1.29 bits per heavy atom. The molecule has 1 aliphatic rings. The molecule has 1 aromatic carbocycles. The van der Waals surface area contributed by atoms with E-state index >= 15 is 0 Å². The van der Waals surface area contributed by atoms with Crippen LogP contribution in [0.4, 0.5) is 5.69 Å². The highest BCUT2D eigenvalue weighted by Crippen LogP contribution is 2.26. The van der Waals surface area contributed by atoms with Crippen molar-refractivity contribution in [1.29, 1.82) is 0 Å². The molecule has 1 aliphatic heterocycles. The molecule has 0 unspecified atom stereocenters. The second-order valence-electron chi connectivity index (χ2n) is 6.92. The molecule has 0 spiro atoms. The van der Waals surface area contributed by atoms with Crippen molar-refractivity contribution in [3.05, 3.63) is 53.3 Å². The number of amides is 1. The van der Waals surface area contributed by atoms with Crippen LogP contribution in [0.2, 0.25) is 0 Å². The van der Waals surface area contributed by atoms with E-state index < -0.39 is 6.04 Å². The molecule has 0 radical (unpaired) electrons. The number of imidazole rings is 1. The third-order valence-corrected chi connectivity index (χ3v) is 5.70. The first-order valence-electron chi connectivity index (χ1n) is 9.04. The van der Waals surface area contributed by atoms with Gasteiger partial charge in [-0.25, -0.2) is 4.98 Å². The number of para-hydroxylation sites is 1. The van der Waals surface area contributed by atoms with E-state index in [1.54, 1.807) is 28.3 Å². The maximum Gasteiger partial charge on any atom is 0.270 e.